The molecule has 8 heteroatoms. The molecule has 9 rings (SSSR count). The van der Waals surface area contributed by atoms with Crippen molar-refractivity contribution in [2.75, 3.05) is 0 Å². The van der Waals surface area contributed by atoms with Gasteiger partial charge in [0.1, 0.15) is 23.4 Å². The summed E-state index contributed by atoms with van der Waals surface area (Å²) >= 11 is 9.59. The summed E-state index contributed by atoms with van der Waals surface area (Å²) < 4.78 is 17.3. The third-order valence-corrected chi connectivity index (χ3v) is 13.4. The molecule has 0 saturated carbocycles. The maximum Gasteiger partial charge on any atom is 0.137 e. The predicted octanol–water partition coefficient (Wildman–Crippen LogP) is 14.6. The van der Waals surface area contributed by atoms with Crippen molar-refractivity contribution in [1.29, 1.82) is 0 Å². The van der Waals surface area contributed by atoms with Gasteiger partial charge in [-0.3, -0.25) is 0 Å². The van der Waals surface area contributed by atoms with Gasteiger partial charge in [0.05, 0.1) is 30.6 Å². The van der Waals surface area contributed by atoms with E-state index in [-0.39, 0.29) is 11.8 Å². The first-order valence-corrected chi connectivity index (χ1v) is 22.0. The van der Waals surface area contributed by atoms with Gasteiger partial charge in [0.15, 0.2) is 0 Å². The molecule has 3 aromatic heterocycles. The molecule has 0 saturated heterocycles. The van der Waals surface area contributed by atoms with Crippen LogP contribution in [0.5, 0.6) is 0 Å². The van der Waals surface area contributed by atoms with Gasteiger partial charge in [-0.15, -0.1) is 12.6 Å². The highest BCUT2D eigenvalue weighted by atomic mass is 32.2. The van der Waals surface area contributed by atoms with Crippen LogP contribution in [0.3, 0.4) is 0 Å². The fourth-order valence-electron chi connectivity index (χ4n) is 7.12. The average Bonchev–Trinajstić information content (AvgIpc) is 4.11. The highest BCUT2D eigenvalue weighted by Crippen LogP contribution is 2.39. The van der Waals surface area contributed by atoms with Crippen LogP contribution in [0.4, 0.5) is 0 Å². The van der Waals surface area contributed by atoms with Crippen LogP contribution < -0.4 is 0 Å². The predicted molar refractivity (Wildman–Crippen MR) is 240 cm³/mol. The monoisotopic (exact) mass is 842 g/mol. The van der Waals surface area contributed by atoms with Crippen LogP contribution in [-0.2, 0) is 0 Å². The van der Waals surface area contributed by atoms with E-state index in [1.807, 2.05) is 54.6 Å². The molecule has 6 aromatic carbocycles. The van der Waals surface area contributed by atoms with Gasteiger partial charge in [-0.1, -0.05) is 95.9 Å². The molecule has 0 radical (unpaired) electrons. The average molecular weight is 843 g/mol. The number of benzene rings is 6. The zero-order valence-corrected chi connectivity index (χ0v) is 35.0. The Hall–Kier alpha value is -5.48. The second-order valence-corrected chi connectivity index (χ2v) is 17.9. The standard InChI is InChI=1S/C51H38O4S4/c52-51(48-6-3-33-55-48)38-15-27-44(28-16-38)58-42-23-11-36(12-24-42)49(46-4-1-31-53-46)34-7-19-40(20-8-34)57-41-21-9-35(10-22-41)50(47-5-2-32-54-47)37-13-25-43(26-14-37)59-45-29-17-39(56)18-30-45/h1-33,49-52,56H. The summed E-state index contributed by atoms with van der Waals surface area (Å²) in [6, 6.07) is 62.8. The molecule has 3 heterocycles. The number of aliphatic hydroxyl groups excluding tert-OH is 1. The van der Waals surface area contributed by atoms with E-state index < -0.39 is 6.10 Å². The van der Waals surface area contributed by atoms with E-state index in [4.69, 9.17) is 13.3 Å². The van der Waals surface area contributed by atoms with Gasteiger partial charge in [-0.2, -0.15) is 0 Å². The molecule has 0 spiro atoms. The van der Waals surface area contributed by atoms with Crippen LogP contribution in [-0.4, -0.2) is 5.11 Å². The molecule has 0 aliphatic rings. The first-order chi connectivity index (χ1) is 29.0. The van der Waals surface area contributed by atoms with Crippen LogP contribution in [0, 0.1) is 0 Å². The lowest BCUT2D eigenvalue weighted by Gasteiger charge is -2.18. The normalized spacial score (nSPS) is 12.9. The smallest absolute Gasteiger partial charge is 0.137 e. The van der Waals surface area contributed by atoms with Gasteiger partial charge >= 0.3 is 0 Å². The Morgan fingerprint density at radius 1 is 0.339 bits per heavy atom. The molecule has 0 aliphatic heterocycles. The number of hydrogen-bond donors (Lipinski definition) is 2. The zero-order valence-electron chi connectivity index (χ0n) is 31.6. The van der Waals surface area contributed by atoms with E-state index in [2.05, 4.69) is 128 Å². The lowest BCUT2D eigenvalue weighted by atomic mass is 9.89. The quantitative estimate of drug-likeness (QED) is 0.106. The lowest BCUT2D eigenvalue weighted by Crippen LogP contribution is -2.02. The minimum Gasteiger partial charge on any atom is -0.468 e. The topological polar surface area (TPSA) is 59.7 Å². The highest BCUT2D eigenvalue weighted by molar-refractivity contribution is 7.99. The van der Waals surface area contributed by atoms with Crippen molar-refractivity contribution in [2.45, 2.75) is 52.2 Å². The molecular weight excluding hydrogens is 805 g/mol. The van der Waals surface area contributed by atoms with Crippen molar-refractivity contribution < 1.29 is 18.4 Å². The molecule has 3 atom stereocenters. The van der Waals surface area contributed by atoms with Crippen molar-refractivity contribution in [3.63, 3.8) is 0 Å². The van der Waals surface area contributed by atoms with Crippen molar-refractivity contribution >= 4 is 47.9 Å². The third-order valence-electron chi connectivity index (χ3n) is 10.1. The Bertz CT molecular complexity index is 2660. The van der Waals surface area contributed by atoms with E-state index >= 15 is 0 Å². The van der Waals surface area contributed by atoms with Gasteiger partial charge < -0.3 is 18.4 Å². The summed E-state index contributed by atoms with van der Waals surface area (Å²) in [4.78, 5) is 7.87. The van der Waals surface area contributed by atoms with Crippen LogP contribution >= 0.6 is 47.9 Å². The molecule has 0 amide bonds. The number of rotatable bonds is 14. The number of aliphatic hydroxyl groups is 1. The van der Waals surface area contributed by atoms with E-state index in [1.54, 1.807) is 66.2 Å². The molecular formula is C51H38O4S4. The summed E-state index contributed by atoms with van der Waals surface area (Å²) in [6.07, 6.45) is 4.28. The Morgan fingerprint density at radius 3 is 0.898 bits per heavy atom. The fraction of sp³-hybridized carbons (Fsp3) is 0.0588. The van der Waals surface area contributed by atoms with Crippen molar-refractivity contribution in [1.82, 2.24) is 0 Å². The summed E-state index contributed by atoms with van der Waals surface area (Å²) in [7, 11) is 0. The second-order valence-electron chi connectivity index (χ2n) is 14.0. The first kappa shape index (κ1) is 39.0. The van der Waals surface area contributed by atoms with Crippen molar-refractivity contribution in [3.05, 3.63) is 246 Å². The molecule has 0 fully saturated rings. The van der Waals surface area contributed by atoms with Gasteiger partial charge in [-0.25, -0.2) is 0 Å². The molecule has 1 N–H and O–H groups in total. The Balaban J connectivity index is 0.872. The number of hydrogen-bond acceptors (Lipinski definition) is 8. The maximum atomic E-state index is 10.6. The van der Waals surface area contributed by atoms with E-state index in [9.17, 15) is 5.11 Å². The summed E-state index contributed by atoms with van der Waals surface area (Å²) in [5, 5.41) is 10.6. The van der Waals surface area contributed by atoms with E-state index in [1.165, 1.54) is 20.9 Å². The van der Waals surface area contributed by atoms with E-state index in [0.717, 1.165) is 52.7 Å². The van der Waals surface area contributed by atoms with Gasteiger partial charge in [0.2, 0.25) is 0 Å². The molecule has 3 unspecified atom stereocenters. The Labute approximate surface area is 362 Å². The molecule has 59 heavy (non-hydrogen) atoms. The first-order valence-electron chi connectivity index (χ1n) is 19.1. The van der Waals surface area contributed by atoms with Crippen LogP contribution in [0.15, 0.2) is 248 Å². The maximum absolute atomic E-state index is 10.6. The van der Waals surface area contributed by atoms with Crippen molar-refractivity contribution in [3.8, 4) is 0 Å². The second kappa shape index (κ2) is 18.2. The van der Waals surface area contributed by atoms with Crippen LogP contribution in [0.2, 0.25) is 0 Å². The summed E-state index contributed by atoms with van der Waals surface area (Å²) in [5.74, 6) is 2.29. The minimum absolute atomic E-state index is 0.0168. The molecule has 9 aromatic rings. The van der Waals surface area contributed by atoms with Gasteiger partial charge in [-0.05, 0) is 149 Å². The highest BCUT2D eigenvalue weighted by Gasteiger charge is 2.22. The SMILES string of the molecule is OC(c1ccc(Sc2ccc(C(c3ccc(Sc4ccc(C(c5ccc(Sc6ccc(S)cc6)cc5)c5ccco5)cc4)cc3)c3ccco3)cc2)cc1)c1ccco1. The zero-order chi connectivity index (χ0) is 40.0. The number of furan rings is 3. The van der Waals surface area contributed by atoms with Crippen LogP contribution in [0.25, 0.3) is 0 Å². The molecule has 0 aliphatic carbocycles. The fourth-order valence-corrected chi connectivity index (χ4v) is 9.72. The Morgan fingerprint density at radius 2 is 0.610 bits per heavy atom. The number of thiol groups is 1. The van der Waals surface area contributed by atoms with Gasteiger partial charge in [0, 0.05) is 34.3 Å². The third kappa shape index (κ3) is 9.38. The van der Waals surface area contributed by atoms with E-state index in [0.29, 0.717) is 5.76 Å². The van der Waals surface area contributed by atoms with Crippen LogP contribution in [0.1, 0.15) is 63.0 Å². The molecule has 4 nitrogen and oxygen atoms in total. The van der Waals surface area contributed by atoms with Gasteiger partial charge in [0.25, 0.3) is 0 Å². The lowest BCUT2D eigenvalue weighted by molar-refractivity contribution is 0.189. The minimum atomic E-state index is -0.782. The molecule has 0 bridgehead atoms. The largest absolute Gasteiger partial charge is 0.468 e. The van der Waals surface area contributed by atoms with Crippen molar-refractivity contribution in [2.24, 2.45) is 0 Å². The summed E-state index contributed by atoms with van der Waals surface area (Å²) in [6.45, 7) is 0. The molecule has 290 valence electrons. The summed E-state index contributed by atoms with van der Waals surface area (Å²) in [5.41, 5.74) is 5.46. The Kier molecular flexibility index (Phi) is 12.0.